The van der Waals surface area contributed by atoms with Gasteiger partial charge in [-0.1, -0.05) is 42.8 Å². The first-order valence-electron chi connectivity index (χ1n) is 8.91. The molecular weight excluding hydrogens is 364 g/mol. The van der Waals surface area contributed by atoms with E-state index >= 15 is 0 Å². The van der Waals surface area contributed by atoms with Crippen molar-refractivity contribution >= 4 is 23.4 Å². The minimum atomic E-state index is -0.632. The molecule has 0 saturated heterocycles. The molecular formula is C21H25ClN2O3. The third-order valence-corrected chi connectivity index (χ3v) is 4.58. The normalized spacial score (nSPS) is 11.6. The molecule has 0 aliphatic carbocycles. The number of aryl methyl sites for hydroxylation is 1. The van der Waals surface area contributed by atoms with Gasteiger partial charge in [0.1, 0.15) is 11.8 Å². The molecule has 1 atom stereocenters. The molecule has 2 aromatic rings. The lowest BCUT2D eigenvalue weighted by molar-refractivity contribution is -0.142. The van der Waals surface area contributed by atoms with Crippen molar-refractivity contribution in [3.05, 3.63) is 64.7 Å². The Hall–Kier alpha value is -2.53. The SMILES string of the molecule is CCc1ccc(OCC(=O)N(Cc2cccc(Cl)c2)C(C)C(=O)NC)cc1. The fraction of sp³-hybridized carbons (Fsp3) is 0.333. The smallest absolute Gasteiger partial charge is 0.261 e. The van der Waals surface area contributed by atoms with Gasteiger partial charge in [0.25, 0.3) is 5.91 Å². The summed E-state index contributed by atoms with van der Waals surface area (Å²) in [6, 6.07) is 14.2. The van der Waals surface area contributed by atoms with Crippen LogP contribution in [0.3, 0.4) is 0 Å². The van der Waals surface area contributed by atoms with E-state index in [2.05, 4.69) is 12.2 Å². The number of nitrogens with one attached hydrogen (secondary N) is 1. The molecule has 27 heavy (non-hydrogen) atoms. The Labute approximate surface area is 165 Å². The zero-order chi connectivity index (χ0) is 19.8. The highest BCUT2D eigenvalue weighted by Gasteiger charge is 2.25. The number of likely N-dealkylation sites (N-methyl/N-ethyl adjacent to an activating group) is 1. The third-order valence-electron chi connectivity index (χ3n) is 4.35. The summed E-state index contributed by atoms with van der Waals surface area (Å²) < 4.78 is 5.62. The van der Waals surface area contributed by atoms with Gasteiger partial charge in [-0.15, -0.1) is 0 Å². The molecule has 0 aliphatic heterocycles. The number of hydrogen-bond donors (Lipinski definition) is 1. The van der Waals surface area contributed by atoms with Crippen molar-refractivity contribution in [1.29, 1.82) is 0 Å². The van der Waals surface area contributed by atoms with Gasteiger partial charge in [0.2, 0.25) is 5.91 Å². The van der Waals surface area contributed by atoms with E-state index in [4.69, 9.17) is 16.3 Å². The maximum atomic E-state index is 12.8. The Morgan fingerprint density at radius 1 is 1.15 bits per heavy atom. The molecule has 2 amide bonds. The van der Waals surface area contributed by atoms with E-state index in [0.717, 1.165) is 12.0 Å². The van der Waals surface area contributed by atoms with Crippen LogP contribution in [-0.2, 0) is 22.6 Å². The summed E-state index contributed by atoms with van der Waals surface area (Å²) in [6.07, 6.45) is 0.941. The molecule has 0 saturated carbocycles. The highest BCUT2D eigenvalue weighted by molar-refractivity contribution is 6.30. The topological polar surface area (TPSA) is 58.6 Å². The number of halogens is 1. The number of rotatable bonds is 8. The quantitative estimate of drug-likeness (QED) is 0.753. The number of hydrogen-bond acceptors (Lipinski definition) is 3. The number of nitrogens with zero attached hydrogens (tertiary/aromatic N) is 1. The van der Waals surface area contributed by atoms with Crippen molar-refractivity contribution in [1.82, 2.24) is 10.2 Å². The summed E-state index contributed by atoms with van der Waals surface area (Å²) in [4.78, 5) is 26.4. The second-order valence-corrected chi connectivity index (χ2v) is 6.66. The summed E-state index contributed by atoms with van der Waals surface area (Å²) in [5.74, 6) is 0.110. The number of carbonyl (C=O) groups is 2. The van der Waals surface area contributed by atoms with Crippen LogP contribution in [0.5, 0.6) is 5.75 Å². The summed E-state index contributed by atoms with van der Waals surface area (Å²) in [5, 5.41) is 3.17. The third kappa shape index (κ3) is 6.00. The molecule has 1 N–H and O–H groups in total. The van der Waals surface area contributed by atoms with E-state index in [1.165, 1.54) is 10.5 Å². The molecule has 0 spiro atoms. The lowest BCUT2D eigenvalue weighted by Crippen LogP contribution is -2.48. The standard InChI is InChI=1S/C21H25ClN2O3/c1-4-16-8-10-19(11-9-16)27-14-20(25)24(15(2)21(26)23-3)13-17-6-5-7-18(22)12-17/h5-12,15H,4,13-14H2,1-3H3,(H,23,26). The highest BCUT2D eigenvalue weighted by Crippen LogP contribution is 2.16. The summed E-state index contributed by atoms with van der Waals surface area (Å²) >= 11 is 6.04. The molecule has 1 unspecified atom stereocenters. The Bertz CT molecular complexity index is 777. The summed E-state index contributed by atoms with van der Waals surface area (Å²) in [7, 11) is 1.55. The average Bonchev–Trinajstić information content (AvgIpc) is 2.69. The van der Waals surface area contributed by atoms with Gasteiger partial charge in [-0.05, 0) is 48.7 Å². The van der Waals surface area contributed by atoms with Crippen LogP contribution in [0.1, 0.15) is 25.0 Å². The van der Waals surface area contributed by atoms with Crippen molar-refractivity contribution in [2.75, 3.05) is 13.7 Å². The minimum absolute atomic E-state index is 0.145. The van der Waals surface area contributed by atoms with Crippen LogP contribution in [0.25, 0.3) is 0 Å². The summed E-state index contributed by atoms with van der Waals surface area (Å²) in [5.41, 5.74) is 2.04. The van der Waals surface area contributed by atoms with Gasteiger partial charge >= 0.3 is 0 Å². The number of carbonyl (C=O) groups excluding carboxylic acids is 2. The Balaban J connectivity index is 2.10. The second kappa shape index (κ2) is 9.97. The zero-order valence-electron chi connectivity index (χ0n) is 15.9. The molecule has 0 fully saturated rings. The fourth-order valence-electron chi connectivity index (χ4n) is 2.67. The van der Waals surface area contributed by atoms with Crippen LogP contribution in [0, 0.1) is 0 Å². The zero-order valence-corrected chi connectivity index (χ0v) is 16.6. The van der Waals surface area contributed by atoms with Gasteiger partial charge in [-0.3, -0.25) is 9.59 Å². The van der Waals surface area contributed by atoms with Crippen molar-refractivity contribution in [2.45, 2.75) is 32.9 Å². The molecule has 0 bridgehead atoms. The van der Waals surface area contributed by atoms with Crippen molar-refractivity contribution < 1.29 is 14.3 Å². The monoisotopic (exact) mass is 388 g/mol. The number of benzene rings is 2. The van der Waals surface area contributed by atoms with Crippen molar-refractivity contribution in [2.24, 2.45) is 0 Å². The first-order valence-corrected chi connectivity index (χ1v) is 9.29. The van der Waals surface area contributed by atoms with Gasteiger partial charge in [-0.2, -0.15) is 0 Å². The highest BCUT2D eigenvalue weighted by atomic mass is 35.5. The van der Waals surface area contributed by atoms with Crippen LogP contribution < -0.4 is 10.1 Å². The van der Waals surface area contributed by atoms with Crippen molar-refractivity contribution in [3.8, 4) is 5.75 Å². The molecule has 2 aromatic carbocycles. The lowest BCUT2D eigenvalue weighted by Gasteiger charge is -2.28. The van der Waals surface area contributed by atoms with Gasteiger partial charge in [0, 0.05) is 18.6 Å². The van der Waals surface area contributed by atoms with Crippen LogP contribution in [0.4, 0.5) is 0 Å². The molecule has 0 aliphatic rings. The molecule has 6 heteroatoms. The number of ether oxygens (including phenoxy) is 1. The van der Waals surface area contributed by atoms with E-state index in [9.17, 15) is 9.59 Å². The summed E-state index contributed by atoms with van der Waals surface area (Å²) in [6.45, 7) is 3.89. The molecule has 0 aromatic heterocycles. The largest absolute Gasteiger partial charge is 0.484 e. The maximum absolute atomic E-state index is 12.8. The lowest BCUT2D eigenvalue weighted by atomic mass is 10.1. The Kier molecular flexibility index (Phi) is 7.67. The van der Waals surface area contributed by atoms with Crippen LogP contribution in [0.15, 0.2) is 48.5 Å². The molecule has 2 rings (SSSR count). The predicted octanol–water partition coefficient (Wildman–Crippen LogP) is 3.44. The van der Waals surface area contributed by atoms with Crippen LogP contribution in [-0.4, -0.2) is 36.4 Å². The van der Waals surface area contributed by atoms with E-state index in [0.29, 0.717) is 10.8 Å². The maximum Gasteiger partial charge on any atom is 0.261 e. The van der Waals surface area contributed by atoms with E-state index < -0.39 is 6.04 Å². The van der Waals surface area contributed by atoms with Gasteiger partial charge < -0.3 is 15.0 Å². The van der Waals surface area contributed by atoms with Crippen LogP contribution >= 0.6 is 11.6 Å². The van der Waals surface area contributed by atoms with Gasteiger partial charge in [-0.25, -0.2) is 0 Å². The molecule has 0 radical (unpaired) electrons. The molecule has 5 nitrogen and oxygen atoms in total. The first kappa shape index (κ1) is 20.8. The first-order chi connectivity index (χ1) is 12.9. The predicted molar refractivity (Wildman–Crippen MR) is 107 cm³/mol. The van der Waals surface area contributed by atoms with Gasteiger partial charge in [0.15, 0.2) is 6.61 Å². The van der Waals surface area contributed by atoms with E-state index in [1.54, 1.807) is 26.1 Å². The van der Waals surface area contributed by atoms with E-state index in [1.807, 2.05) is 36.4 Å². The van der Waals surface area contributed by atoms with E-state index in [-0.39, 0.29) is 25.0 Å². The second-order valence-electron chi connectivity index (χ2n) is 6.23. The minimum Gasteiger partial charge on any atom is -0.484 e. The van der Waals surface area contributed by atoms with Gasteiger partial charge in [0.05, 0.1) is 0 Å². The Morgan fingerprint density at radius 3 is 2.44 bits per heavy atom. The van der Waals surface area contributed by atoms with Crippen LogP contribution in [0.2, 0.25) is 5.02 Å². The molecule has 0 heterocycles. The Morgan fingerprint density at radius 2 is 1.85 bits per heavy atom. The fourth-order valence-corrected chi connectivity index (χ4v) is 2.89. The number of amides is 2. The molecule has 144 valence electrons. The van der Waals surface area contributed by atoms with Crippen molar-refractivity contribution in [3.63, 3.8) is 0 Å². The average molecular weight is 389 g/mol.